The molecule has 0 amide bonds. The summed E-state index contributed by atoms with van der Waals surface area (Å²) < 4.78 is 7.13. The number of nitrogens with zero attached hydrogens (tertiary/aromatic N) is 2. The molecule has 2 aromatic rings. The van der Waals surface area contributed by atoms with Crippen LogP contribution in [-0.2, 0) is 0 Å². The van der Waals surface area contributed by atoms with Gasteiger partial charge < -0.3 is 20.1 Å². The van der Waals surface area contributed by atoms with Gasteiger partial charge in [-0.2, -0.15) is 0 Å². The second kappa shape index (κ2) is 10.4. The van der Waals surface area contributed by atoms with Crippen LogP contribution in [0.2, 0.25) is 5.15 Å². The van der Waals surface area contributed by atoms with Crippen LogP contribution in [0.4, 0.5) is 0 Å². The van der Waals surface area contributed by atoms with Gasteiger partial charge in [-0.25, -0.2) is 4.98 Å². The number of aromatic nitrogens is 2. The summed E-state index contributed by atoms with van der Waals surface area (Å²) in [5.74, 6) is 0.0510. The lowest BCUT2D eigenvalue weighted by atomic mass is 9.92. The molecule has 0 bridgehead atoms. The third-order valence-corrected chi connectivity index (χ3v) is 5.50. The summed E-state index contributed by atoms with van der Waals surface area (Å²) >= 11 is 19.0. The van der Waals surface area contributed by atoms with Crippen molar-refractivity contribution in [3.8, 4) is 5.75 Å². The van der Waals surface area contributed by atoms with Gasteiger partial charge in [-0.3, -0.25) is 9.36 Å². The second-order valence-electron chi connectivity index (χ2n) is 6.62. The minimum atomic E-state index is -1.30. The van der Waals surface area contributed by atoms with Crippen molar-refractivity contribution >= 4 is 50.9 Å². The Bertz CT molecular complexity index is 1050. The van der Waals surface area contributed by atoms with E-state index in [9.17, 15) is 20.1 Å². The van der Waals surface area contributed by atoms with Gasteiger partial charge >= 0.3 is 0 Å². The Morgan fingerprint density at radius 2 is 1.93 bits per heavy atom. The Labute approximate surface area is 188 Å². The van der Waals surface area contributed by atoms with Gasteiger partial charge in [0.2, 0.25) is 0 Å². The molecule has 0 unspecified atom stereocenters. The molecular formula is C20H21Cl3N2O5. The summed E-state index contributed by atoms with van der Waals surface area (Å²) in [6.45, 7) is 3.38. The van der Waals surface area contributed by atoms with Crippen molar-refractivity contribution in [1.29, 1.82) is 0 Å². The molecule has 0 saturated carbocycles. The fourth-order valence-corrected chi connectivity index (χ4v) is 3.28. The second-order valence-corrected chi connectivity index (χ2v) is 7.74. The van der Waals surface area contributed by atoms with E-state index in [1.165, 1.54) is 29.0 Å². The minimum Gasteiger partial charge on any atom is -0.490 e. The molecule has 30 heavy (non-hydrogen) atoms. The monoisotopic (exact) mass is 474 g/mol. The van der Waals surface area contributed by atoms with E-state index in [0.717, 1.165) is 0 Å². The first-order valence-corrected chi connectivity index (χ1v) is 9.89. The summed E-state index contributed by atoms with van der Waals surface area (Å²) in [5.41, 5.74) is -1.06. The van der Waals surface area contributed by atoms with E-state index in [-0.39, 0.29) is 38.6 Å². The number of fused-ring (bicyclic) bond motifs is 1. The van der Waals surface area contributed by atoms with E-state index in [4.69, 9.17) is 39.5 Å². The Morgan fingerprint density at radius 3 is 2.50 bits per heavy atom. The van der Waals surface area contributed by atoms with E-state index in [2.05, 4.69) is 11.6 Å². The largest absolute Gasteiger partial charge is 0.490 e. The first kappa shape index (κ1) is 24.4. The van der Waals surface area contributed by atoms with E-state index in [1.54, 1.807) is 13.0 Å². The van der Waals surface area contributed by atoms with Gasteiger partial charge in [0.1, 0.15) is 11.8 Å². The van der Waals surface area contributed by atoms with Crippen molar-refractivity contribution < 1.29 is 20.1 Å². The lowest BCUT2D eigenvalue weighted by Crippen LogP contribution is -2.40. The fourth-order valence-electron chi connectivity index (χ4n) is 2.61. The van der Waals surface area contributed by atoms with Gasteiger partial charge in [0.25, 0.3) is 0 Å². The number of aliphatic hydroxyl groups is 3. The van der Waals surface area contributed by atoms with Crippen LogP contribution in [0.1, 0.15) is 5.69 Å². The average molecular weight is 476 g/mol. The molecule has 2 heterocycles. The molecule has 0 aromatic carbocycles. The number of rotatable bonds is 9. The lowest BCUT2D eigenvalue weighted by Gasteiger charge is -2.27. The van der Waals surface area contributed by atoms with Crippen molar-refractivity contribution in [2.75, 3.05) is 26.4 Å². The van der Waals surface area contributed by atoms with Gasteiger partial charge in [-0.05, 0) is 13.0 Å². The van der Waals surface area contributed by atoms with E-state index < -0.39 is 30.7 Å². The fraction of sp³-hybridized carbons (Fsp3) is 0.300. The zero-order valence-corrected chi connectivity index (χ0v) is 18.4. The highest BCUT2D eigenvalue weighted by Crippen LogP contribution is 2.33. The van der Waals surface area contributed by atoms with Gasteiger partial charge in [0.15, 0.2) is 16.3 Å². The molecule has 2 rings (SSSR count). The molecule has 3 N–H and O–H groups in total. The molecule has 0 aliphatic rings. The van der Waals surface area contributed by atoms with Crippen molar-refractivity contribution in [1.82, 2.24) is 9.55 Å². The first-order valence-electron chi connectivity index (χ1n) is 8.76. The molecule has 0 spiro atoms. The van der Waals surface area contributed by atoms with E-state index in [1.807, 2.05) is 0 Å². The molecule has 0 radical (unpaired) electrons. The number of halogens is 3. The highest BCUT2D eigenvalue weighted by Gasteiger charge is 2.30. The molecule has 0 atom stereocenters. The maximum absolute atomic E-state index is 12.8. The number of ether oxygens (including phenoxy) is 1. The topological polar surface area (TPSA) is 105 Å². The quantitative estimate of drug-likeness (QED) is 0.380. The molecule has 2 aromatic heterocycles. The number of hydrogen-bond donors (Lipinski definition) is 3. The molecule has 0 saturated heterocycles. The Hall–Kier alpha value is -1.87. The van der Waals surface area contributed by atoms with Crippen molar-refractivity contribution in [3.63, 3.8) is 0 Å². The maximum atomic E-state index is 12.8. The number of aryl methyl sites for hydroxylation is 1. The van der Waals surface area contributed by atoms with Gasteiger partial charge in [0.05, 0.1) is 47.4 Å². The molecule has 0 aliphatic heterocycles. The third kappa shape index (κ3) is 4.88. The SMILES string of the molecule is C=C/C=C\C(Cl)=C(/Cl)n1c(C)cc(=O)c2c(OCC(CO)(CO)CO)cnc(Cl)c21. The standard InChI is InChI=1S/C20H21Cl3N2O5/c1-3-4-5-13(21)19(23)25-12(2)6-14(29)16-15(7-24-18(22)17(16)25)30-11-20(8-26,9-27)10-28/h3-7,26-28H,1,8-11H2,2H3/b5-4-,19-13-. The Morgan fingerprint density at radius 1 is 1.30 bits per heavy atom. The molecule has 162 valence electrons. The van der Waals surface area contributed by atoms with Crippen LogP contribution in [0.25, 0.3) is 16.1 Å². The molecule has 7 nitrogen and oxygen atoms in total. The van der Waals surface area contributed by atoms with Crippen LogP contribution in [0.3, 0.4) is 0 Å². The average Bonchev–Trinajstić information content (AvgIpc) is 2.74. The van der Waals surface area contributed by atoms with Crippen LogP contribution in [0, 0.1) is 12.3 Å². The Balaban J connectivity index is 2.74. The first-order chi connectivity index (χ1) is 14.2. The number of aliphatic hydroxyl groups excluding tert-OH is 3. The van der Waals surface area contributed by atoms with Crippen molar-refractivity contribution in [2.45, 2.75) is 6.92 Å². The van der Waals surface area contributed by atoms with Gasteiger partial charge in [0, 0.05) is 11.8 Å². The zero-order valence-electron chi connectivity index (χ0n) is 16.1. The molecule has 0 aliphatic carbocycles. The van der Waals surface area contributed by atoms with E-state index in [0.29, 0.717) is 5.69 Å². The van der Waals surface area contributed by atoms with Crippen LogP contribution in [-0.4, -0.2) is 51.3 Å². The van der Waals surface area contributed by atoms with Crippen molar-refractivity contribution in [3.05, 3.63) is 63.2 Å². The number of allylic oxidation sites excluding steroid dienone is 4. The Kier molecular flexibility index (Phi) is 8.49. The maximum Gasteiger partial charge on any atom is 0.193 e. The van der Waals surface area contributed by atoms with Crippen LogP contribution in [0.5, 0.6) is 5.75 Å². The van der Waals surface area contributed by atoms with E-state index >= 15 is 0 Å². The molecular weight excluding hydrogens is 455 g/mol. The lowest BCUT2D eigenvalue weighted by molar-refractivity contribution is -0.0256. The van der Waals surface area contributed by atoms with Crippen molar-refractivity contribution in [2.24, 2.45) is 5.41 Å². The zero-order chi connectivity index (χ0) is 22.5. The summed E-state index contributed by atoms with van der Waals surface area (Å²) in [4.78, 5) is 16.8. The third-order valence-electron chi connectivity index (χ3n) is 4.45. The normalized spacial score (nSPS) is 13.0. The summed E-state index contributed by atoms with van der Waals surface area (Å²) in [5, 5.41) is 28.8. The number of hydrogen-bond acceptors (Lipinski definition) is 6. The molecule has 0 fully saturated rings. The predicted octanol–water partition coefficient (Wildman–Crippen LogP) is 3.05. The van der Waals surface area contributed by atoms with Crippen LogP contribution >= 0.6 is 34.8 Å². The van der Waals surface area contributed by atoms with Gasteiger partial charge in [-0.15, -0.1) is 0 Å². The summed E-state index contributed by atoms with van der Waals surface area (Å²) in [7, 11) is 0. The minimum absolute atomic E-state index is 0.00814. The highest BCUT2D eigenvalue weighted by molar-refractivity contribution is 6.52. The predicted molar refractivity (Wildman–Crippen MR) is 119 cm³/mol. The van der Waals surface area contributed by atoms with Crippen LogP contribution < -0.4 is 10.2 Å². The summed E-state index contributed by atoms with van der Waals surface area (Å²) in [6, 6.07) is 1.34. The summed E-state index contributed by atoms with van der Waals surface area (Å²) in [6.07, 6.45) is 5.90. The molecule has 10 heteroatoms. The number of pyridine rings is 2. The highest BCUT2D eigenvalue weighted by atomic mass is 35.5. The smallest absolute Gasteiger partial charge is 0.193 e. The van der Waals surface area contributed by atoms with Crippen LogP contribution in [0.15, 0.2) is 46.9 Å². The van der Waals surface area contributed by atoms with Gasteiger partial charge in [-0.1, -0.05) is 53.5 Å².